The third-order valence-electron chi connectivity index (χ3n) is 3.36. The van der Waals surface area contributed by atoms with Gasteiger partial charge in [-0.1, -0.05) is 18.2 Å². The highest BCUT2D eigenvalue weighted by Gasteiger charge is 2.55. The number of ether oxygens (including phenoxy) is 1. The summed E-state index contributed by atoms with van der Waals surface area (Å²) in [6, 6.07) is 8.65. The largest absolute Gasteiger partial charge is 0.493 e. The molecule has 2 N–H and O–H groups in total. The van der Waals surface area contributed by atoms with E-state index in [1.807, 2.05) is 12.1 Å². The number of benzene rings is 1. The van der Waals surface area contributed by atoms with Gasteiger partial charge < -0.3 is 10.5 Å². The lowest BCUT2D eigenvalue weighted by Crippen LogP contribution is -2.26. The summed E-state index contributed by atoms with van der Waals surface area (Å²) in [6.45, 7) is 0.824. The van der Waals surface area contributed by atoms with Gasteiger partial charge in [-0.2, -0.15) is 0 Å². The maximum absolute atomic E-state index is 5.99. The Kier molecular flexibility index (Phi) is 1.29. The molecule has 0 unspecified atom stereocenters. The molecule has 1 aromatic rings. The third kappa shape index (κ3) is 0.866. The van der Waals surface area contributed by atoms with Gasteiger partial charge in [0.15, 0.2) is 0 Å². The van der Waals surface area contributed by atoms with Crippen molar-refractivity contribution in [2.75, 3.05) is 6.61 Å². The van der Waals surface area contributed by atoms with Crippen molar-refractivity contribution in [1.82, 2.24) is 0 Å². The van der Waals surface area contributed by atoms with Gasteiger partial charge in [0.25, 0.3) is 0 Å². The quantitative estimate of drug-likeness (QED) is 0.647. The monoisotopic (exact) mass is 175 g/mol. The lowest BCUT2D eigenvalue weighted by Gasteiger charge is -2.26. The topological polar surface area (TPSA) is 35.2 Å². The minimum absolute atomic E-state index is 0.273. The molecule has 1 aromatic carbocycles. The van der Waals surface area contributed by atoms with Gasteiger partial charge in [0.1, 0.15) is 5.75 Å². The van der Waals surface area contributed by atoms with Gasteiger partial charge >= 0.3 is 0 Å². The number of hydrogen-bond donors (Lipinski definition) is 1. The maximum atomic E-state index is 5.99. The lowest BCUT2D eigenvalue weighted by atomic mass is 9.89. The van der Waals surface area contributed by atoms with Crippen LogP contribution in [-0.2, 0) is 5.41 Å². The average molecular weight is 175 g/mol. The zero-order valence-electron chi connectivity index (χ0n) is 7.49. The molecule has 0 amide bonds. The molecule has 68 valence electrons. The normalized spacial score (nSPS) is 35.3. The Hall–Kier alpha value is -1.02. The molecule has 2 nitrogen and oxygen atoms in total. The van der Waals surface area contributed by atoms with Crippen molar-refractivity contribution < 1.29 is 4.74 Å². The van der Waals surface area contributed by atoms with Crippen LogP contribution in [0.3, 0.4) is 0 Å². The summed E-state index contributed by atoms with van der Waals surface area (Å²) in [4.78, 5) is 0. The van der Waals surface area contributed by atoms with Gasteiger partial charge in [0.2, 0.25) is 0 Å². The zero-order chi connectivity index (χ0) is 8.89. The SMILES string of the molecule is N[C@H]1C[C@]12CCOc1ccccc12. The number of hydrogen-bond acceptors (Lipinski definition) is 2. The summed E-state index contributed by atoms with van der Waals surface area (Å²) in [5, 5.41) is 0. The van der Waals surface area contributed by atoms with E-state index in [1.54, 1.807) is 0 Å². The Morgan fingerprint density at radius 1 is 1.38 bits per heavy atom. The molecule has 1 saturated carbocycles. The molecule has 1 heterocycles. The molecule has 1 fully saturated rings. The van der Waals surface area contributed by atoms with Gasteiger partial charge in [-0.05, 0) is 18.9 Å². The van der Waals surface area contributed by atoms with E-state index < -0.39 is 0 Å². The molecule has 0 aromatic heterocycles. The Morgan fingerprint density at radius 2 is 2.15 bits per heavy atom. The fraction of sp³-hybridized carbons (Fsp3) is 0.455. The smallest absolute Gasteiger partial charge is 0.123 e. The molecule has 0 saturated heterocycles. The van der Waals surface area contributed by atoms with Crippen molar-refractivity contribution in [3.05, 3.63) is 29.8 Å². The van der Waals surface area contributed by atoms with E-state index in [-0.39, 0.29) is 5.41 Å². The maximum Gasteiger partial charge on any atom is 0.123 e. The van der Waals surface area contributed by atoms with Crippen molar-refractivity contribution in [2.24, 2.45) is 5.73 Å². The van der Waals surface area contributed by atoms with Crippen LogP contribution < -0.4 is 10.5 Å². The van der Waals surface area contributed by atoms with Crippen molar-refractivity contribution in [2.45, 2.75) is 24.3 Å². The Morgan fingerprint density at radius 3 is 2.92 bits per heavy atom. The van der Waals surface area contributed by atoms with Crippen molar-refractivity contribution >= 4 is 0 Å². The van der Waals surface area contributed by atoms with Gasteiger partial charge in [0.05, 0.1) is 6.61 Å². The van der Waals surface area contributed by atoms with Gasteiger partial charge in [0, 0.05) is 17.0 Å². The first-order valence-corrected chi connectivity index (χ1v) is 4.81. The van der Waals surface area contributed by atoms with Crippen molar-refractivity contribution in [3.8, 4) is 5.75 Å². The second kappa shape index (κ2) is 2.26. The second-order valence-corrected chi connectivity index (χ2v) is 4.06. The predicted molar refractivity (Wildman–Crippen MR) is 50.8 cm³/mol. The molecule has 13 heavy (non-hydrogen) atoms. The van der Waals surface area contributed by atoms with Crippen LogP contribution >= 0.6 is 0 Å². The Balaban J connectivity index is 2.13. The standard InChI is InChI=1S/C11H13NO/c12-10-7-11(10)5-6-13-9-4-2-1-3-8(9)11/h1-4,10H,5-7,12H2/t10-,11-/m0/s1. The molecule has 2 aliphatic rings. The highest BCUT2D eigenvalue weighted by atomic mass is 16.5. The average Bonchev–Trinajstić information content (AvgIpc) is 2.79. The molecular weight excluding hydrogens is 162 g/mol. The van der Waals surface area contributed by atoms with E-state index in [4.69, 9.17) is 10.5 Å². The number of nitrogens with two attached hydrogens (primary N) is 1. The fourth-order valence-electron chi connectivity index (χ4n) is 2.41. The van der Waals surface area contributed by atoms with Crippen LogP contribution in [0, 0.1) is 0 Å². The molecule has 1 aliphatic heterocycles. The minimum atomic E-state index is 0.273. The summed E-state index contributed by atoms with van der Waals surface area (Å²) < 4.78 is 5.59. The van der Waals surface area contributed by atoms with Gasteiger partial charge in [-0.3, -0.25) is 0 Å². The summed E-state index contributed by atoms with van der Waals surface area (Å²) in [5.41, 5.74) is 7.59. The van der Waals surface area contributed by atoms with Crippen LogP contribution in [-0.4, -0.2) is 12.6 Å². The zero-order valence-corrected chi connectivity index (χ0v) is 7.49. The lowest BCUT2D eigenvalue weighted by molar-refractivity contribution is 0.258. The van der Waals surface area contributed by atoms with Crippen LogP contribution in [0.25, 0.3) is 0 Å². The van der Waals surface area contributed by atoms with Crippen LogP contribution in [0.5, 0.6) is 5.75 Å². The third-order valence-corrected chi connectivity index (χ3v) is 3.36. The summed E-state index contributed by atoms with van der Waals surface area (Å²) >= 11 is 0. The first-order chi connectivity index (χ1) is 6.33. The summed E-state index contributed by atoms with van der Waals surface area (Å²) in [5.74, 6) is 1.04. The minimum Gasteiger partial charge on any atom is -0.493 e. The number of para-hydroxylation sites is 1. The molecule has 1 spiro atoms. The van der Waals surface area contributed by atoms with Gasteiger partial charge in [-0.25, -0.2) is 0 Å². The van der Waals surface area contributed by atoms with Crippen LogP contribution in [0.15, 0.2) is 24.3 Å². The van der Waals surface area contributed by atoms with Gasteiger partial charge in [-0.15, -0.1) is 0 Å². The van der Waals surface area contributed by atoms with E-state index in [0.717, 1.165) is 25.2 Å². The van der Waals surface area contributed by atoms with E-state index in [1.165, 1.54) is 5.56 Å². The van der Waals surface area contributed by atoms with Crippen molar-refractivity contribution in [3.63, 3.8) is 0 Å². The summed E-state index contributed by atoms with van der Waals surface area (Å²) in [6.07, 6.45) is 2.22. The van der Waals surface area contributed by atoms with E-state index in [0.29, 0.717) is 6.04 Å². The first kappa shape index (κ1) is 7.39. The van der Waals surface area contributed by atoms with Crippen LogP contribution in [0.4, 0.5) is 0 Å². The van der Waals surface area contributed by atoms with Crippen LogP contribution in [0.1, 0.15) is 18.4 Å². The van der Waals surface area contributed by atoms with Crippen LogP contribution in [0.2, 0.25) is 0 Å². The number of rotatable bonds is 0. The highest BCUT2D eigenvalue weighted by molar-refractivity contribution is 5.47. The Labute approximate surface area is 77.7 Å². The predicted octanol–water partition coefficient (Wildman–Crippen LogP) is 1.44. The molecule has 3 rings (SSSR count). The molecule has 2 heteroatoms. The van der Waals surface area contributed by atoms with E-state index in [2.05, 4.69) is 12.1 Å². The molecule has 0 radical (unpaired) electrons. The van der Waals surface area contributed by atoms with Crippen molar-refractivity contribution in [1.29, 1.82) is 0 Å². The highest BCUT2D eigenvalue weighted by Crippen LogP contribution is 2.54. The molecular formula is C11H13NO. The summed E-state index contributed by atoms with van der Waals surface area (Å²) in [7, 11) is 0. The molecule has 2 atom stereocenters. The van der Waals surface area contributed by atoms with E-state index in [9.17, 15) is 0 Å². The van der Waals surface area contributed by atoms with E-state index >= 15 is 0 Å². The Bertz CT molecular complexity index is 350. The first-order valence-electron chi connectivity index (χ1n) is 4.81. The number of fused-ring (bicyclic) bond motifs is 2. The fourth-order valence-corrected chi connectivity index (χ4v) is 2.41. The molecule has 1 aliphatic carbocycles. The molecule has 0 bridgehead atoms. The second-order valence-electron chi connectivity index (χ2n) is 4.06.